The van der Waals surface area contributed by atoms with Crippen LogP contribution in [0.1, 0.15) is 41.2 Å². The van der Waals surface area contributed by atoms with Crippen molar-refractivity contribution in [1.82, 2.24) is 20.7 Å². The molecule has 1 amide bonds. The lowest BCUT2D eigenvalue weighted by Crippen LogP contribution is -2.32. The van der Waals surface area contributed by atoms with E-state index in [2.05, 4.69) is 40.1 Å². The minimum Gasteiger partial charge on any atom is -0.342 e. The number of aromatic nitrogens is 1. The fourth-order valence-corrected chi connectivity index (χ4v) is 4.73. The smallest absolute Gasteiger partial charge is 0.256 e. The Kier molecular flexibility index (Phi) is 7.35. The van der Waals surface area contributed by atoms with Gasteiger partial charge in [0, 0.05) is 36.8 Å². The Balaban J connectivity index is 1.29. The van der Waals surface area contributed by atoms with Crippen LogP contribution in [0, 0.1) is 0 Å². The number of nitrogens with one attached hydrogen (secondary N) is 2. The average Bonchev–Trinajstić information content (AvgIpc) is 3.29. The quantitative estimate of drug-likeness (QED) is 0.541. The van der Waals surface area contributed by atoms with Crippen LogP contribution in [0.15, 0.2) is 88.9 Å². The van der Waals surface area contributed by atoms with Gasteiger partial charge in [-0.25, -0.2) is 4.98 Å². The molecule has 5 nitrogen and oxygen atoms in total. The van der Waals surface area contributed by atoms with Crippen LogP contribution in [0.4, 0.5) is 0 Å². The second-order valence-corrected chi connectivity index (χ2v) is 8.89. The largest absolute Gasteiger partial charge is 0.342 e. The van der Waals surface area contributed by atoms with Crippen molar-refractivity contribution in [3.05, 3.63) is 90.1 Å². The third-order valence-corrected chi connectivity index (χ3v) is 6.56. The molecule has 4 rings (SSSR count). The normalized spacial score (nSPS) is 18.1. The van der Waals surface area contributed by atoms with E-state index in [-0.39, 0.29) is 5.91 Å². The van der Waals surface area contributed by atoms with Crippen molar-refractivity contribution >= 4 is 17.7 Å². The molecule has 0 aliphatic carbocycles. The number of hydrogen-bond acceptors (Lipinski definition) is 5. The number of rotatable bonds is 8. The molecule has 0 bridgehead atoms. The molecule has 1 aliphatic heterocycles. The van der Waals surface area contributed by atoms with Crippen molar-refractivity contribution in [1.29, 1.82) is 0 Å². The molecule has 1 aromatic heterocycles. The molecule has 3 aromatic rings. The Labute approximate surface area is 188 Å². The first-order valence-electron chi connectivity index (χ1n) is 10.7. The molecule has 0 saturated carbocycles. The molecule has 0 spiro atoms. The molecule has 0 radical (unpaired) electrons. The van der Waals surface area contributed by atoms with E-state index in [9.17, 15) is 4.79 Å². The molecule has 2 heterocycles. The predicted molar refractivity (Wildman–Crippen MR) is 125 cm³/mol. The number of carbonyl (C=O) groups is 1. The highest BCUT2D eigenvalue weighted by Gasteiger charge is 2.25. The lowest BCUT2D eigenvalue weighted by Gasteiger charge is -2.19. The van der Waals surface area contributed by atoms with Gasteiger partial charge in [-0.3, -0.25) is 15.6 Å². The first-order chi connectivity index (χ1) is 15.2. The third-order valence-electron chi connectivity index (χ3n) is 5.54. The van der Waals surface area contributed by atoms with Gasteiger partial charge < -0.3 is 4.90 Å². The van der Waals surface area contributed by atoms with Crippen LogP contribution >= 0.6 is 11.8 Å². The van der Waals surface area contributed by atoms with E-state index in [1.165, 1.54) is 17.3 Å². The molecule has 2 aromatic carbocycles. The fraction of sp³-hybridized carbons (Fsp3) is 0.280. The zero-order valence-electron chi connectivity index (χ0n) is 17.7. The summed E-state index contributed by atoms with van der Waals surface area (Å²) in [4.78, 5) is 20.4. The SMILES string of the molecule is CN(CCCC1CC(c2ccccc2)NN1)C(=O)c1cccnc1Sc1ccccc1. The van der Waals surface area contributed by atoms with Gasteiger partial charge in [-0.05, 0) is 49.1 Å². The van der Waals surface area contributed by atoms with Crippen LogP contribution in [-0.4, -0.2) is 35.4 Å². The van der Waals surface area contributed by atoms with Gasteiger partial charge in [0.05, 0.1) is 5.56 Å². The van der Waals surface area contributed by atoms with Crippen molar-refractivity contribution in [3.63, 3.8) is 0 Å². The van der Waals surface area contributed by atoms with Gasteiger partial charge in [-0.15, -0.1) is 0 Å². The molecular formula is C25H28N4OS. The van der Waals surface area contributed by atoms with Crippen molar-refractivity contribution in [3.8, 4) is 0 Å². The average molecular weight is 433 g/mol. The highest BCUT2D eigenvalue weighted by Crippen LogP contribution is 2.29. The number of carbonyl (C=O) groups excluding carboxylic acids is 1. The summed E-state index contributed by atoms with van der Waals surface area (Å²) >= 11 is 1.53. The Hall–Kier alpha value is -2.67. The first kappa shape index (κ1) is 21.6. The van der Waals surface area contributed by atoms with Gasteiger partial charge >= 0.3 is 0 Å². The molecule has 2 N–H and O–H groups in total. The fourth-order valence-electron chi connectivity index (χ4n) is 3.83. The zero-order valence-corrected chi connectivity index (χ0v) is 18.5. The maximum atomic E-state index is 13.1. The molecule has 1 fully saturated rings. The van der Waals surface area contributed by atoms with Gasteiger partial charge in [0.15, 0.2) is 0 Å². The van der Waals surface area contributed by atoms with E-state index >= 15 is 0 Å². The van der Waals surface area contributed by atoms with Crippen LogP contribution < -0.4 is 10.9 Å². The molecule has 1 aliphatic rings. The first-order valence-corrected chi connectivity index (χ1v) is 11.5. The monoisotopic (exact) mass is 432 g/mol. The maximum absolute atomic E-state index is 13.1. The summed E-state index contributed by atoms with van der Waals surface area (Å²) in [5, 5.41) is 0.748. The van der Waals surface area contributed by atoms with Crippen molar-refractivity contribution in [2.24, 2.45) is 0 Å². The highest BCUT2D eigenvalue weighted by molar-refractivity contribution is 7.99. The van der Waals surface area contributed by atoms with Crippen LogP contribution in [0.3, 0.4) is 0 Å². The summed E-state index contributed by atoms with van der Waals surface area (Å²) in [6, 6.07) is 25.0. The molecule has 2 unspecified atom stereocenters. The minimum atomic E-state index is 0.0196. The summed E-state index contributed by atoms with van der Waals surface area (Å²) < 4.78 is 0. The van der Waals surface area contributed by atoms with Crippen LogP contribution in [0.25, 0.3) is 0 Å². The number of benzene rings is 2. The number of pyridine rings is 1. The van der Waals surface area contributed by atoms with Gasteiger partial charge in [0.2, 0.25) is 0 Å². The summed E-state index contributed by atoms with van der Waals surface area (Å²) in [6.45, 7) is 0.720. The van der Waals surface area contributed by atoms with E-state index < -0.39 is 0 Å². The summed E-state index contributed by atoms with van der Waals surface area (Å²) in [6.07, 6.45) is 4.77. The summed E-state index contributed by atoms with van der Waals surface area (Å²) in [5.74, 6) is 0.0196. The lowest BCUT2D eigenvalue weighted by molar-refractivity contribution is 0.0787. The van der Waals surface area contributed by atoms with E-state index in [0.717, 1.165) is 35.7 Å². The predicted octanol–water partition coefficient (Wildman–Crippen LogP) is 4.69. The Morgan fingerprint density at radius 1 is 1.03 bits per heavy atom. The molecular weight excluding hydrogens is 404 g/mol. The summed E-state index contributed by atoms with van der Waals surface area (Å²) in [5.41, 5.74) is 8.77. The lowest BCUT2D eigenvalue weighted by atomic mass is 10.00. The van der Waals surface area contributed by atoms with E-state index in [1.54, 1.807) is 6.20 Å². The second-order valence-electron chi connectivity index (χ2n) is 7.82. The van der Waals surface area contributed by atoms with E-state index in [0.29, 0.717) is 17.6 Å². The van der Waals surface area contributed by atoms with Crippen LogP contribution in [0.2, 0.25) is 0 Å². The van der Waals surface area contributed by atoms with Gasteiger partial charge in [-0.2, -0.15) is 0 Å². The molecule has 1 saturated heterocycles. The van der Waals surface area contributed by atoms with Crippen molar-refractivity contribution in [2.75, 3.05) is 13.6 Å². The van der Waals surface area contributed by atoms with Crippen LogP contribution in [0.5, 0.6) is 0 Å². The van der Waals surface area contributed by atoms with Crippen LogP contribution in [-0.2, 0) is 0 Å². The molecule has 6 heteroatoms. The van der Waals surface area contributed by atoms with Crippen molar-refractivity contribution < 1.29 is 4.79 Å². The number of nitrogens with zero attached hydrogens (tertiary/aromatic N) is 2. The minimum absolute atomic E-state index is 0.0196. The Bertz CT molecular complexity index is 983. The molecule has 31 heavy (non-hydrogen) atoms. The Morgan fingerprint density at radius 3 is 2.55 bits per heavy atom. The Morgan fingerprint density at radius 2 is 1.77 bits per heavy atom. The van der Waals surface area contributed by atoms with Gasteiger partial charge in [0.1, 0.15) is 5.03 Å². The number of amides is 1. The number of hydrazine groups is 1. The third kappa shape index (κ3) is 5.73. The highest BCUT2D eigenvalue weighted by atomic mass is 32.2. The van der Waals surface area contributed by atoms with Gasteiger partial charge in [-0.1, -0.05) is 60.3 Å². The van der Waals surface area contributed by atoms with E-state index in [4.69, 9.17) is 0 Å². The number of hydrogen-bond donors (Lipinski definition) is 2. The standard InChI is InChI=1S/C25H28N4OS/c1-29(17-9-12-20-18-23(28-27-20)19-10-4-2-5-11-19)25(30)22-15-8-16-26-24(22)31-21-13-6-3-7-14-21/h2-8,10-11,13-16,20,23,27-28H,9,12,17-18H2,1H3. The maximum Gasteiger partial charge on any atom is 0.256 e. The topological polar surface area (TPSA) is 57.3 Å². The van der Waals surface area contributed by atoms with Crippen molar-refractivity contribution in [2.45, 2.75) is 41.3 Å². The second kappa shape index (κ2) is 10.6. The molecule has 160 valence electrons. The zero-order chi connectivity index (χ0) is 21.5. The van der Waals surface area contributed by atoms with E-state index in [1.807, 2.05) is 60.5 Å². The summed E-state index contributed by atoms with van der Waals surface area (Å²) in [7, 11) is 1.87. The van der Waals surface area contributed by atoms with Gasteiger partial charge in [0.25, 0.3) is 5.91 Å². The molecule has 2 atom stereocenters.